The first kappa shape index (κ1) is 13.0. The maximum Gasteiger partial charge on any atom is 0.131 e. The monoisotopic (exact) mass is 286 g/mol. The summed E-state index contributed by atoms with van der Waals surface area (Å²) in [7, 11) is 0. The predicted octanol–water partition coefficient (Wildman–Crippen LogP) is 4.15. The Bertz CT molecular complexity index is 787. The first-order chi connectivity index (χ1) is 9.72. The number of halogens is 2. The van der Waals surface area contributed by atoms with Gasteiger partial charge in [0.25, 0.3) is 0 Å². The Kier molecular flexibility index (Phi) is 3.38. The molecule has 20 heavy (non-hydrogen) atoms. The van der Waals surface area contributed by atoms with Gasteiger partial charge in [-0.25, -0.2) is 4.39 Å². The Morgan fingerprint density at radius 1 is 1.05 bits per heavy atom. The standard InChI is InChI=1S/C16H12ClFN2/c17-13-6-3-5-11-15(8-19)20-9-12(16(11)13)10-4-1-2-7-14(10)18/h1-7,9H,8,19H2. The first-order valence-corrected chi connectivity index (χ1v) is 6.61. The molecule has 0 aliphatic rings. The van der Waals surface area contributed by atoms with E-state index < -0.39 is 0 Å². The summed E-state index contributed by atoms with van der Waals surface area (Å²) in [5.41, 5.74) is 7.63. The SMILES string of the molecule is NCc1ncc(-c2ccccc2F)c2c(Cl)cccc12. The molecule has 0 spiro atoms. The molecule has 0 saturated carbocycles. The van der Waals surface area contributed by atoms with Crippen molar-refractivity contribution in [1.29, 1.82) is 0 Å². The van der Waals surface area contributed by atoms with Crippen LogP contribution in [0.3, 0.4) is 0 Å². The van der Waals surface area contributed by atoms with E-state index in [1.807, 2.05) is 12.1 Å². The number of hydrogen-bond donors (Lipinski definition) is 1. The van der Waals surface area contributed by atoms with Crippen LogP contribution in [-0.2, 0) is 6.54 Å². The maximum absolute atomic E-state index is 14.0. The van der Waals surface area contributed by atoms with E-state index in [2.05, 4.69) is 4.98 Å². The van der Waals surface area contributed by atoms with Crippen LogP contribution in [0.25, 0.3) is 21.9 Å². The van der Waals surface area contributed by atoms with E-state index in [0.717, 1.165) is 16.5 Å². The number of nitrogens with zero attached hydrogens (tertiary/aromatic N) is 1. The lowest BCUT2D eigenvalue weighted by Crippen LogP contribution is -2.01. The number of benzene rings is 2. The van der Waals surface area contributed by atoms with Gasteiger partial charge in [0.15, 0.2) is 0 Å². The van der Waals surface area contributed by atoms with Crippen LogP contribution in [0.2, 0.25) is 5.02 Å². The summed E-state index contributed by atoms with van der Waals surface area (Å²) in [6, 6.07) is 12.1. The highest BCUT2D eigenvalue weighted by Crippen LogP contribution is 2.35. The number of nitrogens with two attached hydrogens (primary N) is 1. The Balaban J connectivity index is 2.41. The Hall–Kier alpha value is -1.97. The lowest BCUT2D eigenvalue weighted by atomic mass is 9.99. The van der Waals surface area contributed by atoms with Crippen molar-refractivity contribution < 1.29 is 4.39 Å². The van der Waals surface area contributed by atoms with Crippen molar-refractivity contribution in [3.05, 3.63) is 65.2 Å². The van der Waals surface area contributed by atoms with Gasteiger partial charge >= 0.3 is 0 Å². The molecular formula is C16H12ClFN2. The number of hydrogen-bond acceptors (Lipinski definition) is 2. The van der Waals surface area contributed by atoms with E-state index in [1.165, 1.54) is 6.07 Å². The van der Waals surface area contributed by atoms with Gasteiger partial charge in [-0.1, -0.05) is 41.9 Å². The number of rotatable bonds is 2. The minimum atomic E-state index is -0.295. The van der Waals surface area contributed by atoms with Crippen LogP contribution in [0.4, 0.5) is 4.39 Å². The number of pyridine rings is 1. The van der Waals surface area contributed by atoms with Crippen LogP contribution in [0.15, 0.2) is 48.7 Å². The molecule has 100 valence electrons. The highest BCUT2D eigenvalue weighted by molar-refractivity contribution is 6.36. The fourth-order valence-electron chi connectivity index (χ4n) is 2.36. The topological polar surface area (TPSA) is 38.9 Å². The van der Waals surface area contributed by atoms with Gasteiger partial charge < -0.3 is 5.73 Å². The maximum atomic E-state index is 14.0. The molecule has 0 fully saturated rings. The Morgan fingerprint density at radius 3 is 2.60 bits per heavy atom. The fourth-order valence-corrected chi connectivity index (χ4v) is 2.64. The van der Waals surface area contributed by atoms with Gasteiger partial charge in [0.2, 0.25) is 0 Å². The molecule has 0 radical (unpaired) electrons. The summed E-state index contributed by atoms with van der Waals surface area (Å²) in [4.78, 5) is 4.33. The molecule has 0 atom stereocenters. The lowest BCUT2D eigenvalue weighted by molar-refractivity contribution is 0.631. The smallest absolute Gasteiger partial charge is 0.131 e. The van der Waals surface area contributed by atoms with E-state index in [9.17, 15) is 4.39 Å². The van der Waals surface area contributed by atoms with E-state index in [0.29, 0.717) is 22.7 Å². The molecule has 3 aromatic rings. The molecule has 0 amide bonds. The van der Waals surface area contributed by atoms with Gasteiger partial charge in [0.05, 0.1) is 5.69 Å². The van der Waals surface area contributed by atoms with Gasteiger partial charge in [0.1, 0.15) is 5.82 Å². The van der Waals surface area contributed by atoms with Crippen LogP contribution >= 0.6 is 11.6 Å². The molecule has 3 rings (SSSR count). The van der Waals surface area contributed by atoms with Crippen molar-refractivity contribution in [2.24, 2.45) is 5.73 Å². The van der Waals surface area contributed by atoms with Crippen LogP contribution < -0.4 is 5.73 Å². The molecule has 4 heteroatoms. The van der Waals surface area contributed by atoms with E-state index in [1.54, 1.807) is 30.5 Å². The van der Waals surface area contributed by atoms with E-state index in [-0.39, 0.29) is 5.82 Å². The van der Waals surface area contributed by atoms with Gasteiger partial charge in [-0.2, -0.15) is 0 Å². The minimum absolute atomic E-state index is 0.295. The normalized spacial score (nSPS) is 10.9. The Labute approximate surface area is 121 Å². The third kappa shape index (κ3) is 2.05. The van der Waals surface area contributed by atoms with Gasteiger partial charge in [-0.15, -0.1) is 0 Å². The highest BCUT2D eigenvalue weighted by atomic mass is 35.5. The molecule has 0 aliphatic carbocycles. The number of fused-ring (bicyclic) bond motifs is 1. The van der Waals surface area contributed by atoms with E-state index in [4.69, 9.17) is 17.3 Å². The molecule has 0 bridgehead atoms. The molecule has 2 aromatic carbocycles. The molecule has 0 saturated heterocycles. The van der Waals surface area contributed by atoms with Crippen molar-refractivity contribution in [2.75, 3.05) is 0 Å². The molecule has 2 N–H and O–H groups in total. The number of aromatic nitrogens is 1. The van der Waals surface area contributed by atoms with Crippen molar-refractivity contribution in [3.63, 3.8) is 0 Å². The van der Waals surface area contributed by atoms with Crippen molar-refractivity contribution >= 4 is 22.4 Å². The second-order valence-electron chi connectivity index (χ2n) is 4.46. The quantitative estimate of drug-likeness (QED) is 0.768. The largest absolute Gasteiger partial charge is 0.325 e. The summed E-state index contributed by atoms with van der Waals surface area (Å²) in [5.74, 6) is -0.295. The summed E-state index contributed by atoms with van der Waals surface area (Å²) in [5, 5.41) is 2.22. The second kappa shape index (κ2) is 5.19. The molecule has 0 unspecified atom stereocenters. The van der Waals surface area contributed by atoms with Crippen LogP contribution in [-0.4, -0.2) is 4.98 Å². The highest BCUT2D eigenvalue weighted by Gasteiger charge is 2.13. The zero-order valence-corrected chi connectivity index (χ0v) is 11.4. The third-order valence-corrected chi connectivity index (χ3v) is 3.62. The minimum Gasteiger partial charge on any atom is -0.325 e. The summed E-state index contributed by atoms with van der Waals surface area (Å²) in [6.45, 7) is 0.314. The fraction of sp³-hybridized carbons (Fsp3) is 0.0625. The van der Waals surface area contributed by atoms with Crippen LogP contribution in [0.1, 0.15) is 5.69 Å². The first-order valence-electron chi connectivity index (χ1n) is 6.23. The van der Waals surface area contributed by atoms with Gasteiger partial charge in [0, 0.05) is 39.7 Å². The molecular weight excluding hydrogens is 275 g/mol. The molecule has 1 aromatic heterocycles. The summed E-state index contributed by atoms with van der Waals surface area (Å²) >= 11 is 6.30. The van der Waals surface area contributed by atoms with Crippen molar-refractivity contribution in [1.82, 2.24) is 4.98 Å². The predicted molar refractivity (Wildman–Crippen MR) is 80.0 cm³/mol. The average molecular weight is 287 g/mol. The van der Waals surface area contributed by atoms with Crippen LogP contribution in [0.5, 0.6) is 0 Å². The van der Waals surface area contributed by atoms with Gasteiger partial charge in [-0.3, -0.25) is 4.98 Å². The Morgan fingerprint density at radius 2 is 1.85 bits per heavy atom. The molecule has 2 nitrogen and oxygen atoms in total. The van der Waals surface area contributed by atoms with E-state index >= 15 is 0 Å². The van der Waals surface area contributed by atoms with Crippen molar-refractivity contribution in [3.8, 4) is 11.1 Å². The lowest BCUT2D eigenvalue weighted by Gasteiger charge is -2.11. The van der Waals surface area contributed by atoms with Crippen LogP contribution in [0, 0.1) is 5.82 Å². The zero-order valence-electron chi connectivity index (χ0n) is 10.6. The average Bonchev–Trinajstić information content (AvgIpc) is 2.47. The second-order valence-corrected chi connectivity index (χ2v) is 4.87. The molecule has 0 aliphatic heterocycles. The summed E-state index contributed by atoms with van der Waals surface area (Å²) in [6.07, 6.45) is 1.63. The van der Waals surface area contributed by atoms with Gasteiger partial charge in [-0.05, 0) is 12.1 Å². The summed E-state index contributed by atoms with van der Waals surface area (Å²) < 4.78 is 14.0. The molecule has 1 heterocycles. The third-order valence-electron chi connectivity index (χ3n) is 3.30. The zero-order chi connectivity index (χ0) is 14.1. The van der Waals surface area contributed by atoms with Crippen molar-refractivity contribution in [2.45, 2.75) is 6.54 Å².